The average molecular weight is 272 g/mol. The van der Waals surface area contributed by atoms with Crippen LogP contribution in [0.2, 0.25) is 0 Å². The molecule has 20 heavy (non-hydrogen) atoms. The fraction of sp³-hybridized carbons (Fsp3) is 0.125. The van der Waals surface area contributed by atoms with Crippen LogP contribution >= 0.6 is 0 Å². The first-order chi connectivity index (χ1) is 9.74. The molecular weight excluding hydrogens is 256 g/mol. The van der Waals surface area contributed by atoms with Gasteiger partial charge in [-0.1, -0.05) is 12.1 Å². The highest BCUT2D eigenvalue weighted by molar-refractivity contribution is 5.79. The first-order valence-electron chi connectivity index (χ1n) is 5.92. The smallest absolute Gasteiger partial charge is 0.153 e. The van der Waals surface area contributed by atoms with Gasteiger partial charge in [0.1, 0.15) is 17.8 Å². The van der Waals surface area contributed by atoms with Gasteiger partial charge in [-0.25, -0.2) is 0 Å². The van der Waals surface area contributed by atoms with Crippen molar-refractivity contribution in [1.29, 1.82) is 0 Å². The minimum Gasteiger partial charge on any atom is -0.497 e. The Morgan fingerprint density at radius 2 is 1.45 bits per heavy atom. The molecule has 4 heteroatoms. The van der Waals surface area contributed by atoms with E-state index in [1.807, 2.05) is 6.07 Å². The molecule has 2 aromatic rings. The van der Waals surface area contributed by atoms with Crippen molar-refractivity contribution >= 4 is 12.6 Å². The van der Waals surface area contributed by atoms with Crippen LogP contribution < -0.4 is 9.47 Å². The van der Waals surface area contributed by atoms with Crippen molar-refractivity contribution in [3.63, 3.8) is 0 Å². The van der Waals surface area contributed by atoms with Gasteiger partial charge in [0.05, 0.1) is 19.8 Å². The lowest BCUT2D eigenvalue weighted by Crippen LogP contribution is -1.88. The molecular formula is C16H16O4. The van der Waals surface area contributed by atoms with E-state index < -0.39 is 0 Å². The third-order valence-electron chi connectivity index (χ3n) is 2.52. The second kappa shape index (κ2) is 8.48. The van der Waals surface area contributed by atoms with E-state index in [9.17, 15) is 9.59 Å². The van der Waals surface area contributed by atoms with Crippen molar-refractivity contribution in [3.05, 3.63) is 59.7 Å². The minimum absolute atomic E-state index is 0.588. The maximum Gasteiger partial charge on any atom is 0.153 e. The van der Waals surface area contributed by atoms with E-state index in [1.165, 1.54) is 0 Å². The quantitative estimate of drug-likeness (QED) is 0.803. The molecule has 0 spiro atoms. The van der Waals surface area contributed by atoms with Gasteiger partial charge < -0.3 is 9.47 Å². The molecule has 104 valence electrons. The van der Waals surface area contributed by atoms with Crippen molar-refractivity contribution in [3.8, 4) is 11.5 Å². The summed E-state index contributed by atoms with van der Waals surface area (Å²) in [6.07, 6.45) is 1.58. The summed E-state index contributed by atoms with van der Waals surface area (Å²) in [5, 5.41) is 0. The molecule has 0 unspecified atom stereocenters. The summed E-state index contributed by atoms with van der Waals surface area (Å²) in [6.45, 7) is 0. The number of hydrogen-bond acceptors (Lipinski definition) is 4. The lowest BCUT2D eigenvalue weighted by Gasteiger charge is -1.99. The van der Waals surface area contributed by atoms with E-state index in [-0.39, 0.29) is 0 Å². The highest BCUT2D eigenvalue weighted by Gasteiger charge is 1.96. The van der Waals surface area contributed by atoms with E-state index >= 15 is 0 Å². The molecule has 0 fully saturated rings. The Hall–Kier alpha value is -2.62. The summed E-state index contributed by atoms with van der Waals surface area (Å²) in [5.41, 5.74) is 1.26. The summed E-state index contributed by atoms with van der Waals surface area (Å²) in [4.78, 5) is 20.5. The predicted molar refractivity (Wildman–Crippen MR) is 76.8 cm³/mol. The van der Waals surface area contributed by atoms with Crippen LogP contribution in [0.25, 0.3) is 0 Å². The molecule has 2 aromatic carbocycles. The molecule has 0 radical (unpaired) electrons. The van der Waals surface area contributed by atoms with Gasteiger partial charge in [0.15, 0.2) is 6.29 Å². The van der Waals surface area contributed by atoms with Crippen LogP contribution in [0.1, 0.15) is 20.7 Å². The van der Waals surface area contributed by atoms with Crippen molar-refractivity contribution in [2.24, 2.45) is 0 Å². The zero-order chi connectivity index (χ0) is 14.8. The Balaban J connectivity index is 0.000000200. The zero-order valence-electron chi connectivity index (χ0n) is 11.4. The van der Waals surface area contributed by atoms with Gasteiger partial charge in [-0.2, -0.15) is 0 Å². The van der Waals surface area contributed by atoms with Crippen molar-refractivity contribution in [1.82, 2.24) is 0 Å². The highest BCUT2D eigenvalue weighted by Crippen LogP contribution is 2.13. The molecule has 4 nitrogen and oxygen atoms in total. The largest absolute Gasteiger partial charge is 0.497 e. The normalized spacial score (nSPS) is 8.90. The standard InChI is InChI=1S/2C8H8O2/c1-10-8-4-2-7(6-9)3-5-8;1-10-8-5-3-2-4-7(8)6-9/h2*2-6H,1H3. The summed E-state index contributed by atoms with van der Waals surface area (Å²) < 4.78 is 9.80. The Morgan fingerprint density at radius 3 is 1.90 bits per heavy atom. The fourth-order valence-electron chi connectivity index (χ4n) is 1.45. The molecule has 0 atom stereocenters. The molecule has 0 heterocycles. The number of carbonyl (C=O) groups excluding carboxylic acids is 2. The van der Waals surface area contributed by atoms with Crippen LogP contribution in [0.15, 0.2) is 48.5 Å². The maximum atomic E-state index is 10.3. The highest BCUT2D eigenvalue weighted by atomic mass is 16.5. The van der Waals surface area contributed by atoms with Gasteiger partial charge in [-0.05, 0) is 36.4 Å². The summed E-state index contributed by atoms with van der Waals surface area (Å²) in [5.74, 6) is 1.39. The minimum atomic E-state index is 0.588. The average Bonchev–Trinajstić information content (AvgIpc) is 2.55. The third-order valence-corrected chi connectivity index (χ3v) is 2.52. The first kappa shape index (κ1) is 15.4. The Morgan fingerprint density at radius 1 is 0.800 bits per heavy atom. The van der Waals surface area contributed by atoms with E-state index in [0.717, 1.165) is 18.3 Å². The van der Waals surface area contributed by atoms with Crippen LogP contribution in [0.5, 0.6) is 11.5 Å². The Kier molecular flexibility index (Phi) is 6.54. The number of ether oxygens (including phenoxy) is 2. The van der Waals surface area contributed by atoms with Crippen LogP contribution in [-0.2, 0) is 0 Å². The van der Waals surface area contributed by atoms with E-state index in [4.69, 9.17) is 9.47 Å². The van der Waals surface area contributed by atoms with Crippen LogP contribution in [-0.4, -0.2) is 26.8 Å². The molecule has 0 saturated carbocycles. The monoisotopic (exact) mass is 272 g/mol. The molecule has 0 aliphatic carbocycles. The molecule has 0 aliphatic rings. The molecule has 0 saturated heterocycles. The lowest BCUT2D eigenvalue weighted by molar-refractivity contribution is 0.111. The molecule has 0 bridgehead atoms. The molecule has 0 aliphatic heterocycles. The lowest BCUT2D eigenvalue weighted by atomic mass is 10.2. The van der Waals surface area contributed by atoms with Crippen molar-refractivity contribution < 1.29 is 19.1 Å². The van der Waals surface area contributed by atoms with Crippen LogP contribution in [0.3, 0.4) is 0 Å². The second-order valence-electron chi connectivity index (χ2n) is 3.75. The Labute approximate surface area is 118 Å². The predicted octanol–water partition coefficient (Wildman–Crippen LogP) is 3.02. The van der Waals surface area contributed by atoms with Gasteiger partial charge >= 0.3 is 0 Å². The summed E-state index contributed by atoms with van der Waals surface area (Å²) in [7, 11) is 3.14. The maximum absolute atomic E-state index is 10.3. The van der Waals surface area contributed by atoms with E-state index in [2.05, 4.69) is 0 Å². The fourth-order valence-corrected chi connectivity index (χ4v) is 1.45. The molecule has 0 N–H and O–H groups in total. The van der Waals surface area contributed by atoms with Crippen LogP contribution in [0.4, 0.5) is 0 Å². The number of hydrogen-bond donors (Lipinski definition) is 0. The molecule has 0 aromatic heterocycles. The second-order valence-corrected chi connectivity index (χ2v) is 3.75. The first-order valence-corrected chi connectivity index (χ1v) is 5.92. The molecule has 2 rings (SSSR count). The number of carbonyl (C=O) groups is 2. The number of aldehydes is 2. The molecule has 0 amide bonds. The van der Waals surface area contributed by atoms with Gasteiger partial charge in [-0.15, -0.1) is 0 Å². The van der Waals surface area contributed by atoms with E-state index in [1.54, 1.807) is 56.7 Å². The topological polar surface area (TPSA) is 52.6 Å². The summed E-state index contributed by atoms with van der Waals surface area (Å²) in [6, 6.07) is 14.0. The zero-order valence-corrected chi connectivity index (χ0v) is 11.4. The van der Waals surface area contributed by atoms with E-state index in [0.29, 0.717) is 16.9 Å². The van der Waals surface area contributed by atoms with Crippen LogP contribution in [0, 0.1) is 0 Å². The van der Waals surface area contributed by atoms with Gasteiger partial charge in [0.2, 0.25) is 0 Å². The number of para-hydroxylation sites is 1. The van der Waals surface area contributed by atoms with Gasteiger partial charge in [0.25, 0.3) is 0 Å². The SMILES string of the molecule is COc1ccc(C=O)cc1.COc1ccccc1C=O. The number of methoxy groups -OCH3 is 2. The third kappa shape index (κ3) is 4.57. The Bertz CT molecular complexity index is 547. The number of benzene rings is 2. The summed E-state index contributed by atoms with van der Waals surface area (Å²) >= 11 is 0. The van der Waals surface area contributed by atoms with Gasteiger partial charge in [-0.3, -0.25) is 9.59 Å². The van der Waals surface area contributed by atoms with Crippen molar-refractivity contribution in [2.75, 3.05) is 14.2 Å². The number of rotatable bonds is 4. The van der Waals surface area contributed by atoms with Gasteiger partial charge in [0, 0.05) is 5.56 Å². The van der Waals surface area contributed by atoms with Crippen molar-refractivity contribution in [2.45, 2.75) is 0 Å².